The maximum absolute atomic E-state index is 13.5. The Morgan fingerprint density at radius 3 is 2.50 bits per heavy atom. The Kier molecular flexibility index (Phi) is 6.36. The average Bonchev–Trinajstić information content (AvgIpc) is 2.80. The van der Waals surface area contributed by atoms with Gasteiger partial charge in [-0.15, -0.1) is 0 Å². The SMILES string of the molecule is CC(Oc1ccc2c(-c3ccc(F)cc3Cl)c[nH]c(=O)c2c1)C(=O)N1CCC(C)(C(=O)O)CC1. The first-order valence-corrected chi connectivity index (χ1v) is 11.3. The highest BCUT2D eigenvalue weighted by Crippen LogP contribution is 2.34. The van der Waals surface area contributed by atoms with Crippen LogP contribution in [0.2, 0.25) is 5.02 Å². The number of likely N-dealkylation sites (tertiary alicyclic amines) is 1. The van der Waals surface area contributed by atoms with E-state index in [1.165, 1.54) is 18.3 Å². The van der Waals surface area contributed by atoms with E-state index in [-0.39, 0.29) is 16.5 Å². The number of carbonyl (C=O) groups excluding carboxylic acids is 1. The van der Waals surface area contributed by atoms with Crippen LogP contribution in [-0.4, -0.2) is 46.1 Å². The van der Waals surface area contributed by atoms with E-state index in [4.69, 9.17) is 16.3 Å². The van der Waals surface area contributed by atoms with Crippen molar-refractivity contribution in [2.24, 2.45) is 5.41 Å². The molecule has 1 saturated heterocycles. The summed E-state index contributed by atoms with van der Waals surface area (Å²) in [7, 11) is 0. The quantitative estimate of drug-likeness (QED) is 0.554. The molecule has 1 aliphatic heterocycles. The maximum Gasteiger partial charge on any atom is 0.309 e. The molecule has 1 aromatic heterocycles. The minimum Gasteiger partial charge on any atom is -0.481 e. The lowest BCUT2D eigenvalue weighted by molar-refractivity contribution is -0.154. The Morgan fingerprint density at radius 2 is 1.85 bits per heavy atom. The highest BCUT2D eigenvalue weighted by molar-refractivity contribution is 6.33. The summed E-state index contributed by atoms with van der Waals surface area (Å²) in [6, 6.07) is 8.96. The molecule has 3 aromatic rings. The minimum atomic E-state index is -0.855. The number of fused-ring (bicyclic) bond motifs is 1. The van der Waals surface area contributed by atoms with Gasteiger partial charge in [0.1, 0.15) is 11.6 Å². The van der Waals surface area contributed by atoms with Crippen molar-refractivity contribution in [1.82, 2.24) is 9.88 Å². The van der Waals surface area contributed by atoms with E-state index in [0.717, 1.165) is 0 Å². The van der Waals surface area contributed by atoms with E-state index < -0.39 is 23.3 Å². The summed E-state index contributed by atoms with van der Waals surface area (Å²) in [5.41, 5.74) is 0.0289. The molecule has 4 rings (SSSR count). The molecule has 0 bridgehead atoms. The van der Waals surface area contributed by atoms with Crippen molar-refractivity contribution >= 4 is 34.2 Å². The predicted octanol–water partition coefficient (Wildman–Crippen LogP) is 4.47. The second-order valence-corrected chi connectivity index (χ2v) is 9.22. The first kappa shape index (κ1) is 23.8. The molecule has 1 atom stereocenters. The van der Waals surface area contributed by atoms with Crippen molar-refractivity contribution in [1.29, 1.82) is 0 Å². The second-order valence-electron chi connectivity index (χ2n) is 8.81. The zero-order valence-corrected chi connectivity index (χ0v) is 19.5. The Labute approximate surface area is 200 Å². The number of rotatable bonds is 5. The number of nitrogens with one attached hydrogen (secondary N) is 1. The summed E-state index contributed by atoms with van der Waals surface area (Å²) in [4.78, 5) is 41.1. The normalized spacial score (nSPS) is 16.3. The summed E-state index contributed by atoms with van der Waals surface area (Å²) in [6.07, 6.45) is 1.46. The predicted molar refractivity (Wildman–Crippen MR) is 127 cm³/mol. The van der Waals surface area contributed by atoms with Crippen LogP contribution in [-0.2, 0) is 9.59 Å². The Morgan fingerprint density at radius 1 is 1.15 bits per heavy atom. The van der Waals surface area contributed by atoms with Crippen molar-refractivity contribution in [3.8, 4) is 16.9 Å². The summed E-state index contributed by atoms with van der Waals surface area (Å²) in [5.74, 6) is -1.22. The first-order valence-electron chi connectivity index (χ1n) is 10.9. The van der Waals surface area contributed by atoms with E-state index >= 15 is 0 Å². The van der Waals surface area contributed by atoms with Gasteiger partial charge in [-0.25, -0.2) is 4.39 Å². The monoisotopic (exact) mass is 486 g/mol. The average molecular weight is 487 g/mol. The van der Waals surface area contributed by atoms with Crippen LogP contribution < -0.4 is 10.3 Å². The molecule has 2 heterocycles. The number of aromatic nitrogens is 1. The molecule has 34 heavy (non-hydrogen) atoms. The number of pyridine rings is 1. The van der Waals surface area contributed by atoms with Crippen LogP contribution in [0.3, 0.4) is 0 Å². The Balaban J connectivity index is 1.55. The summed E-state index contributed by atoms with van der Waals surface area (Å²) in [5, 5.41) is 10.5. The lowest BCUT2D eigenvalue weighted by atomic mass is 9.80. The van der Waals surface area contributed by atoms with Crippen LogP contribution in [0.5, 0.6) is 5.75 Å². The standard InChI is InChI=1S/C25H24ClFN2O5/c1-14(23(31)29-9-7-25(2,8-10-29)24(32)33)34-16-4-6-17-19(12-16)22(30)28-13-20(17)18-5-3-15(27)11-21(18)26/h3-6,11-14H,7-10H2,1-2H3,(H,28,30)(H,32,33). The summed E-state index contributed by atoms with van der Waals surface area (Å²) < 4.78 is 19.3. The van der Waals surface area contributed by atoms with Gasteiger partial charge in [0.2, 0.25) is 0 Å². The van der Waals surface area contributed by atoms with Crippen molar-refractivity contribution in [3.05, 3.63) is 63.8 Å². The van der Waals surface area contributed by atoms with Gasteiger partial charge in [0.25, 0.3) is 11.5 Å². The molecule has 9 heteroatoms. The number of aromatic amines is 1. The molecule has 1 fully saturated rings. The highest BCUT2D eigenvalue weighted by atomic mass is 35.5. The van der Waals surface area contributed by atoms with E-state index in [2.05, 4.69) is 4.98 Å². The summed E-state index contributed by atoms with van der Waals surface area (Å²) in [6.45, 7) is 4.00. The van der Waals surface area contributed by atoms with E-state index in [9.17, 15) is 23.9 Å². The van der Waals surface area contributed by atoms with E-state index in [1.54, 1.807) is 43.0 Å². The number of piperidine rings is 1. The third kappa shape index (κ3) is 4.50. The van der Waals surface area contributed by atoms with Gasteiger partial charge in [-0.1, -0.05) is 11.6 Å². The van der Waals surface area contributed by atoms with Gasteiger partial charge in [-0.3, -0.25) is 14.4 Å². The molecule has 1 aliphatic rings. The number of amides is 1. The molecular formula is C25H24ClFN2O5. The molecular weight excluding hydrogens is 463 g/mol. The van der Waals surface area contributed by atoms with E-state index in [0.29, 0.717) is 53.6 Å². The van der Waals surface area contributed by atoms with Crippen LogP contribution in [0.4, 0.5) is 4.39 Å². The van der Waals surface area contributed by atoms with Gasteiger partial charge in [0, 0.05) is 30.4 Å². The van der Waals surface area contributed by atoms with Crippen molar-refractivity contribution in [3.63, 3.8) is 0 Å². The Bertz CT molecular complexity index is 1330. The van der Waals surface area contributed by atoms with E-state index in [1.807, 2.05) is 0 Å². The summed E-state index contributed by atoms with van der Waals surface area (Å²) >= 11 is 6.22. The number of carboxylic acids is 1. The number of ether oxygens (including phenoxy) is 1. The van der Waals surface area contributed by atoms with Crippen LogP contribution >= 0.6 is 11.6 Å². The number of aliphatic carboxylic acids is 1. The molecule has 2 aromatic carbocycles. The molecule has 0 saturated carbocycles. The molecule has 7 nitrogen and oxygen atoms in total. The fraction of sp³-hybridized carbons (Fsp3) is 0.320. The van der Waals surface area contributed by atoms with Gasteiger partial charge in [0.05, 0.1) is 15.8 Å². The van der Waals surface area contributed by atoms with Crippen LogP contribution in [0.1, 0.15) is 26.7 Å². The van der Waals surface area contributed by atoms with Gasteiger partial charge in [0.15, 0.2) is 6.10 Å². The lowest BCUT2D eigenvalue weighted by Gasteiger charge is -2.37. The maximum atomic E-state index is 13.5. The lowest BCUT2D eigenvalue weighted by Crippen LogP contribution is -2.48. The smallest absolute Gasteiger partial charge is 0.309 e. The van der Waals surface area contributed by atoms with Gasteiger partial charge < -0.3 is 19.7 Å². The van der Waals surface area contributed by atoms with Crippen LogP contribution in [0.15, 0.2) is 47.4 Å². The number of halogens is 2. The molecule has 0 radical (unpaired) electrons. The first-order chi connectivity index (χ1) is 16.1. The van der Waals surface area contributed by atoms with Gasteiger partial charge in [-0.05, 0) is 68.5 Å². The van der Waals surface area contributed by atoms with Gasteiger partial charge >= 0.3 is 5.97 Å². The highest BCUT2D eigenvalue weighted by Gasteiger charge is 2.39. The number of nitrogens with zero attached hydrogens (tertiary/aromatic N) is 1. The second kappa shape index (κ2) is 9.10. The number of carbonyl (C=O) groups is 2. The fourth-order valence-corrected chi connectivity index (χ4v) is 4.46. The van der Waals surface area contributed by atoms with Gasteiger partial charge in [-0.2, -0.15) is 0 Å². The van der Waals surface area contributed by atoms with Crippen molar-refractivity contribution in [2.75, 3.05) is 13.1 Å². The molecule has 0 aliphatic carbocycles. The number of hydrogen-bond acceptors (Lipinski definition) is 4. The zero-order chi connectivity index (χ0) is 24.6. The van der Waals surface area contributed by atoms with Crippen molar-refractivity contribution in [2.45, 2.75) is 32.8 Å². The fourth-order valence-electron chi connectivity index (χ4n) is 4.19. The topological polar surface area (TPSA) is 99.7 Å². The third-order valence-electron chi connectivity index (χ3n) is 6.45. The number of carboxylic acid groups (broad SMARTS) is 1. The molecule has 1 unspecified atom stereocenters. The number of H-pyrrole nitrogens is 1. The largest absolute Gasteiger partial charge is 0.481 e. The Hall–Kier alpha value is -3.39. The number of hydrogen-bond donors (Lipinski definition) is 2. The third-order valence-corrected chi connectivity index (χ3v) is 6.76. The van der Waals surface area contributed by atoms with Crippen molar-refractivity contribution < 1.29 is 23.8 Å². The molecule has 1 amide bonds. The molecule has 0 spiro atoms. The van der Waals surface area contributed by atoms with Crippen LogP contribution in [0, 0.1) is 11.2 Å². The number of benzene rings is 2. The molecule has 2 N–H and O–H groups in total. The zero-order valence-electron chi connectivity index (χ0n) is 18.7. The minimum absolute atomic E-state index is 0.216. The van der Waals surface area contributed by atoms with Crippen LogP contribution in [0.25, 0.3) is 21.9 Å². The molecule has 178 valence electrons.